The van der Waals surface area contributed by atoms with Crippen molar-refractivity contribution in [3.63, 3.8) is 0 Å². The first kappa shape index (κ1) is 12.9. The molecule has 0 fully saturated rings. The van der Waals surface area contributed by atoms with Crippen molar-refractivity contribution in [2.75, 3.05) is 5.43 Å². The van der Waals surface area contributed by atoms with Gasteiger partial charge in [0.05, 0.1) is 11.3 Å². The van der Waals surface area contributed by atoms with Crippen LogP contribution in [-0.4, -0.2) is 9.99 Å². The Kier molecular flexibility index (Phi) is 3.10. The number of alkyl halides is 3. The second-order valence-electron chi connectivity index (χ2n) is 4.64. The van der Waals surface area contributed by atoms with E-state index in [1.54, 1.807) is 35.6 Å². The molecule has 0 amide bonds. The molecule has 3 nitrogen and oxygen atoms in total. The molecule has 104 valence electrons. The van der Waals surface area contributed by atoms with Crippen molar-refractivity contribution >= 4 is 5.69 Å². The van der Waals surface area contributed by atoms with E-state index in [0.29, 0.717) is 17.7 Å². The van der Waals surface area contributed by atoms with E-state index in [2.05, 4.69) is 10.4 Å². The summed E-state index contributed by atoms with van der Waals surface area (Å²) in [7, 11) is 0. The zero-order valence-corrected chi connectivity index (χ0v) is 10.5. The number of pyridine rings is 1. The van der Waals surface area contributed by atoms with Gasteiger partial charge in [-0.05, 0) is 29.3 Å². The number of nitrogens with zero attached hydrogens (tertiary/aromatic N) is 2. The fourth-order valence-electron chi connectivity index (χ4n) is 2.38. The summed E-state index contributed by atoms with van der Waals surface area (Å²) >= 11 is 0. The molecule has 2 aromatic rings. The predicted octanol–water partition coefficient (Wildman–Crippen LogP) is 3.44. The number of fused-ring (bicyclic) bond motifs is 1. The average Bonchev–Trinajstić information content (AvgIpc) is 2.80. The highest BCUT2D eigenvalue weighted by atomic mass is 19.4. The van der Waals surface area contributed by atoms with E-state index in [1.807, 2.05) is 0 Å². The summed E-state index contributed by atoms with van der Waals surface area (Å²) in [4.78, 5) is 3.90. The van der Waals surface area contributed by atoms with E-state index in [-0.39, 0.29) is 6.54 Å². The van der Waals surface area contributed by atoms with Crippen LogP contribution in [0.5, 0.6) is 0 Å². The Morgan fingerprint density at radius 1 is 1.05 bits per heavy atom. The molecule has 0 bridgehead atoms. The van der Waals surface area contributed by atoms with Crippen LogP contribution in [-0.2, 0) is 19.3 Å². The Balaban J connectivity index is 1.82. The standard InChI is InChI=1S/C14H12F3N3/c15-14(16,17)13-3-1-2-10-8-20(9-12(10)13)19-11-4-6-18-7-5-11/h1-7H,8-9H2,(H,18,19). The molecule has 0 saturated carbocycles. The summed E-state index contributed by atoms with van der Waals surface area (Å²) in [6, 6.07) is 7.87. The minimum Gasteiger partial charge on any atom is -0.318 e. The lowest BCUT2D eigenvalue weighted by molar-refractivity contribution is -0.138. The fraction of sp³-hybridized carbons (Fsp3) is 0.214. The summed E-state index contributed by atoms with van der Waals surface area (Å²) in [6.45, 7) is 0.676. The maximum atomic E-state index is 12.9. The fourth-order valence-corrected chi connectivity index (χ4v) is 2.38. The molecular weight excluding hydrogens is 267 g/mol. The van der Waals surface area contributed by atoms with Crippen LogP contribution in [0, 0.1) is 0 Å². The lowest BCUT2D eigenvalue weighted by Crippen LogP contribution is -2.24. The summed E-state index contributed by atoms with van der Waals surface area (Å²) in [5.41, 5.74) is 4.41. The van der Waals surface area contributed by atoms with Gasteiger partial charge in [-0.15, -0.1) is 0 Å². The Morgan fingerprint density at radius 2 is 1.80 bits per heavy atom. The van der Waals surface area contributed by atoms with Crippen molar-refractivity contribution < 1.29 is 13.2 Å². The summed E-state index contributed by atoms with van der Waals surface area (Å²) < 4.78 is 38.8. The zero-order chi connectivity index (χ0) is 14.2. The number of anilines is 1. The second-order valence-corrected chi connectivity index (χ2v) is 4.64. The van der Waals surface area contributed by atoms with Crippen molar-refractivity contribution in [2.45, 2.75) is 19.3 Å². The third kappa shape index (κ3) is 2.46. The molecule has 1 aromatic heterocycles. The van der Waals surface area contributed by atoms with Gasteiger partial charge in [0.2, 0.25) is 0 Å². The Labute approximate surface area is 114 Å². The topological polar surface area (TPSA) is 28.2 Å². The molecule has 2 heterocycles. The number of rotatable bonds is 2. The molecule has 6 heteroatoms. The third-order valence-corrected chi connectivity index (χ3v) is 3.26. The molecule has 1 aliphatic heterocycles. The Bertz CT molecular complexity index is 611. The maximum absolute atomic E-state index is 12.9. The number of hydrogen-bond donors (Lipinski definition) is 1. The first-order chi connectivity index (χ1) is 9.54. The molecule has 0 atom stereocenters. The summed E-state index contributed by atoms with van der Waals surface area (Å²) in [6.07, 6.45) is -1.04. The van der Waals surface area contributed by atoms with Crippen LogP contribution in [0.1, 0.15) is 16.7 Å². The van der Waals surface area contributed by atoms with Crippen molar-refractivity contribution in [3.05, 3.63) is 59.4 Å². The van der Waals surface area contributed by atoms with Crippen molar-refractivity contribution in [3.8, 4) is 0 Å². The molecule has 3 rings (SSSR count). The lowest BCUT2D eigenvalue weighted by Gasteiger charge is -2.18. The largest absolute Gasteiger partial charge is 0.416 e. The lowest BCUT2D eigenvalue weighted by atomic mass is 10.0. The molecule has 1 N–H and O–H groups in total. The van der Waals surface area contributed by atoms with Gasteiger partial charge < -0.3 is 5.43 Å². The summed E-state index contributed by atoms with van der Waals surface area (Å²) in [5, 5.41) is 1.76. The SMILES string of the molecule is FC(F)(F)c1cccc2c1CN(Nc1ccncc1)C2. The number of halogens is 3. The van der Waals surface area contributed by atoms with E-state index in [4.69, 9.17) is 0 Å². The van der Waals surface area contributed by atoms with Crippen LogP contribution in [0.2, 0.25) is 0 Å². The smallest absolute Gasteiger partial charge is 0.318 e. The number of hydrogen-bond acceptors (Lipinski definition) is 3. The molecule has 0 unspecified atom stereocenters. The van der Waals surface area contributed by atoms with Gasteiger partial charge in [0.25, 0.3) is 0 Å². The predicted molar refractivity (Wildman–Crippen MR) is 68.6 cm³/mol. The number of aromatic nitrogens is 1. The van der Waals surface area contributed by atoms with Crippen LogP contribution in [0.4, 0.5) is 18.9 Å². The van der Waals surface area contributed by atoms with Gasteiger partial charge >= 0.3 is 6.18 Å². The quantitative estimate of drug-likeness (QED) is 0.912. The molecule has 0 radical (unpaired) electrons. The average molecular weight is 279 g/mol. The second kappa shape index (κ2) is 4.79. The highest BCUT2D eigenvalue weighted by Gasteiger charge is 2.36. The van der Waals surface area contributed by atoms with Crippen molar-refractivity contribution in [1.29, 1.82) is 0 Å². The van der Waals surface area contributed by atoms with Crippen LogP contribution in [0.3, 0.4) is 0 Å². The third-order valence-electron chi connectivity index (χ3n) is 3.26. The van der Waals surface area contributed by atoms with Gasteiger partial charge in [-0.2, -0.15) is 13.2 Å². The Morgan fingerprint density at radius 3 is 2.50 bits per heavy atom. The molecule has 1 aliphatic rings. The monoisotopic (exact) mass is 279 g/mol. The van der Waals surface area contributed by atoms with E-state index < -0.39 is 11.7 Å². The molecule has 20 heavy (non-hydrogen) atoms. The minimum atomic E-state index is -4.31. The van der Waals surface area contributed by atoms with Crippen molar-refractivity contribution in [2.24, 2.45) is 0 Å². The maximum Gasteiger partial charge on any atom is 0.416 e. The molecule has 1 aromatic carbocycles. The first-order valence-corrected chi connectivity index (χ1v) is 6.13. The molecule has 0 aliphatic carbocycles. The van der Waals surface area contributed by atoms with Crippen LogP contribution in [0.15, 0.2) is 42.7 Å². The molecule has 0 saturated heterocycles. The number of hydrazine groups is 1. The van der Waals surface area contributed by atoms with E-state index >= 15 is 0 Å². The van der Waals surface area contributed by atoms with E-state index in [0.717, 1.165) is 11.8 Å². The highest BCUT2D eigenvalue weighted by molar-refractivity contribution is 5.43. The van der Waals surface area contributed by atoms with Gasteiger partial charge in [-0.25, -0.2) is 5.01 Å². The van der Waals surface area contributed by atoms with Crippen LogP contribution >= 0.6 is 0 Å². The van der Waals surface area contributed by atoms with Gasteiger partial charge in [0.1, 0.15) is 0 Å². The normalized spacial score (nSPS) is 15.2. The van der Waals surface area contributed by atoms with Crippen LogP contribution < -0.4 is 5.43 Å². The van der Waals surface area contributed by atoms with Gasteiger partial charge in [0.15, 0.2) is 0 Å². The van der Waals surface area contributed by atoms with Crippen molar-refractivity contribution in [1.82, 2.24) is 9.99 Å². The van der Waals surface area contributed by atoms with E-state index in [1.165, 1.54) is 6.07 Å². The Hall–Kier alpha value is -2.08. The summed E-state index contributed by atoms with van der Waals surface area (Å²) in [5.74, 6) is 0. The van der Waals surface area contributed by atoms with Gasteiger partial charge in [-0.3, -0.25) is 4.98 Å². The van der Waals surface area contributed by atoms with E-state index in [9.17, 15) is 13.2 Å². The first-order valence-electron chi connectivity index (χ1n) is 6.13. The highest BCUT2D eigenvalue weighted by Crippen LogP contribution is 2.36. The molecular formula is C14H12F3N3. The zero-order valence-electron chi connectivity index (χ0n) is 10.5. The van der Waals surface area contributed by atoms with Crippen LogP contribution in [0.25, 0.3) is 0 Å². The van der Waals surface area contributed by atoms with Gasteiger partial charge in [0, 0.05) is 25.5 Å². The molecule has 0 spiro atoms. The van der Waals surface area contributed by atoms with Gasteiger partial charge in [-0.1, -0.05) is 12.1 Å². The number of nitrogens with one attached hydrogen (secondary N) is 1. The number of benzene rings is 1. The minimum absolute atomic E-state index is 0.230.